The molecule has 0 bridgehead atoms. The van der Waals surface area contributed by atoms with Crippen LogP contribution in [0, 0.1) is 0 Å². The van der Waals surface area contributed by atoms with Gasteiger partial charge in [0.2, 0.25) is 0 Å². The molecule has 4 N–H and O–H groups in total. The molecular weight excluding hydrogens is 374 g/mol. The van der Waals surface area contributed by atoms with Crippen molar-refractivity contribution >= 4 is 17.0 Å². The Kier molecular flexibility index (Phi) is 8.17. The molecule has 1 aliphatic heterocycles. The normalized spacial score (nSPS) is 24.4. The minimum absolute atomic E-state index is 0.373. The molecule has 2 aromatic rings. The van der Waals surface area contributed by atoms with Gasteiger partial charge >= 0.3 is 0 Å². The predicted octanol–water partition coefficient (Wildman–Crippen LogP) is 1.99. The minimum Gasteiger partial charge on any atom is -0.394 e. The Bertz CT molecular complexity index is 756. The number of nitrogens with zero attached hydrogens (tertiary/aromatic N) is 4. The Morgan fingerprint density at radius 3 is 2.41 bits per heavy atom. The van der Waals surface area contributed by atoms with Crippen LogP contribution in [0.15, 0.2) is 12.7 Å². The van der Waals surface area contributed by atoms with Crippen molar-refractivity contribution in [1.82, 2.24) is 19.5 Å². The Morgan fingerprint density at radius 2 is 1.72 bits per heavy atom. The van der Waals surface area contributed by atoms with Gasteiger partial charge in [-0.05, 0) is 6.42 Å². The maximum atomic E-state index is 10.3. The average molecular weight is 408 g/mol. The van der Waals surface area contributed by atoms with Crippen LogP contribution in [0.4, 0.5) is 5.82 Å². The van der Waals surface area contributed by atoms with E-state index in [0.717, 1.165) is 13.0 Å². The molecule has 1 saturated heterocycles. The lowest BCUT2D eigenvalue weighted by Crippen LogP contribution is -2.33. The number of anilines is 1. The molecule has 0 amide bonds. The van der Waals surface area contributed by atoms with Gasteiger partial charge in [-0.2, -0.15) is 0 Å². The van der Waals surface area contributed by atoms with E-state index in [1.165, 1.54) is 57.6 Å². The molecule has 9 nitrogen and oxygen atoms in total. The van der Waals surface area contributed by atoms with Crippen molar-refractivity contribution < 1.29 is 20.1 Å². The van der Waals surface area contributed by atoms with Crippen molar-refractivity contribution in [3.63, 3.8) is 0 Å². The number of aliphatic hydroxyl groups is 3. The summed E-state index contributed by atoms with van der Waals surface area (Å²) in [6, 6.07) is 0. The van der Waals surface area contributed by atoms with Crippen LogP contribution in [0.3, 0.4) is 0 Å². The van der Waals surface area contributed by atoms with E-state index in [4.69, 9.17) is 4.74 Å². The number of fused-ring (bicyclic) bond motifs is 1. The highest BCUT2D eigenvalue weighted by Crippen LogP contribution is 2.32. The van der Waals surface area contributed by atoms with E-state index in [1.807, 2.05) is 0 Å². The van der Waals surface area contributed by atoms with Crippen LogP contribution in [-0.4, -0.2) is 66.3 Å². The van der Waals surface area contributed by atoms with E-state index in [2.05, 4.69) is 27.2 Å². The van der Waals surface area contributed by atoms with Crippen molar-refractivity contribution in [2.24, 2.45) is 0 Å². The second-order valence-corrected chi connectivity index (χ2v) is 7.68. The van der Waals surface area contributed by atoms with Gasteiger partial charge in [-0.25, -0.2) is 15.0 Å². The fourth-order valence-electron chi connectivity index (χ4n) is 3.74. The average Bonchev–Trinajstić information content (AvgIpc) is 3.28. The first-order valence-corrected chi connectivity index (χ1v) is 10.7. The fraction of sp³-hybridized carbons (Fsp3) is 0.750. The van der Waals surface area contributed by atoms with Crippen molar-refractivity contribution in [3.8, 4) is 0 Å². The number of hydrogen-bond donors (Lipinski definition) is 4. The molecule has 0 saturated carbocycles. The number of aromatic nitrogens is 4. The molecular formula is C20H33N5O4. The zero-order valence-corrected chi connectivity index (χ0v) is 17.1. The summed E-state index contributed by atoms with van der Waals surface area (Å²) in [7, 11) is 0. The molecule has 3 heterocycles. The first-order chi connectivity index (χ1) is 14.2. The molecule has 3 rings (SSSR count). The summed E-state index contributed by atoms with van der Waals surface area (Å²) in [5, 5.41) is 32.9. The van der Waals surface area contributed by atoms with Crippen molar-refractivity contribution in [1.29, 1.82) is 0 Å². The fourth-order valence-corrected chi connectivity index (χ4v) is 3.74. The van der Waals surface area contributed by atoms with Crippen LogP contribution in [0.25, 0.3) is 11.2 Å². The zero-order chi connectivity index (χ0) is 20.6. The molecule has 0 radical (unpaired) electrons. The van der Waals surface area contributed by atoms with E-state index in [1.54, 1.807) is 4.57 Å². The summed E-state index contributed by atoms with van der Waals surface area (Å²) in [5.41, 5.74) is 1.10. The highest BCUT2D eigenvalue weighted by Gasteiger charge is 2.44. The monoisotopic (exact) mass is 407 g/mol. The molecule has 0 aliphatic carbocycles. The number of aliphatic hydroxyl groups excluding tert-OH is 3. The maximum absolute atomic E-state index is 10.3. The van der Waals surface area contributed by atoms with Crippen molar-refractivity contribution in [3.05, 3.63) is 12.7 Å². The van der Waals surface area contributed by atoms with Crippen LogP contribution < -0.4 is 5.32 Å². The lowest BCUT2D eigenvalue weighted by molar-refractivity contribution is -0.0511. The van der Waals surface area contributed by atoms with E-state index in [0.29, 0.717) is 17.0 Å². The molecule has 4 atom stereocenters. The molecule has 0 spiro atoms. The standard InChI is InChI=1S/C20H33N5O4/c1-2-3-4-5-6-7-8-9-10-21-18-15-19(23-12-22-18)25(13-24-15)20-17(28)16(27)14(11-26)29-20/h12-14,16-17,20,26-28H,2-11H2,1H3,(H,21,22,23)/t14-,16-,17-,20-/m1/s1. The second-order valence-electron chi connectivity index (χ2n) is 7.68. The van der Waals surface area contributed by atoms with Crippen molar-refractivity contribution in [2.75, 3.05) is 18.5 Å². The smallest absolute Gasteiger partial charge is 0.167 e. The van der Waals surface area contributed by atoms with Crippen LogP contribution in [-0.2, 0) is 4.74 Å². The van der Waals surface area contributed by atoms with Gasteiger partial charge in [0.25, 0.3) is 0 Å². The van der Waals surface area contributed by atoms with Gasteiger partial charge in [0.15, 0.2) is 23.2 Å². The summed E-state index contributed by atoms with van der Waals surface area (Å²) in [4.78, 5) is 12.9. The van der Waals surface area contributed by atoms with Gasteiger partial charge in [0.1, 0.15) is 24.6 Å². The highest BCUT2D eigenvalue weighted by atomic mass is 16.6. The summed E-state index contributed by atoms with van der Waals surface area (Å²) >= 11 is 0. The molecule has 0 aromatic carbocycles. The maximum Gasteiger partial charge on any atom is 0.167 e. The van der Waals surface area contributed by atoms with E-state index >= 15 is 0 Å². The first kappa shape index (κ1) is 21.9. The van der Waals surface area contributed by atoms with Crippen LogP contribution >= 0.6 is 0 Å². The van der Waals surface area contributed by atoms with Gasteiger partial charge in [-0.3, -0.25) is 4.57 Å². The number of rotatable bonds is 12. The topological polar surface area (TPSA) is 126 Å². The third-order valence-corrected chi connectivity index (χ3v) is 5.47. The Morgan fingerprint density at radius 1 is 1.00 bits per heavy atom. The molecule has 0 unspecified atom stereocenters. The third kappa shape index (κ3) is 5.22. The Balaban J connectivity index is 1.54. The summed E-state index contributed by atoms with van der Waals surface area (Å²) in [6.07, 6.45) is 9.00. The summed E-state index contributed by atoms with van der Waals surface area (Å²) < 4.78 is 7.15. The number of imidazole rings is 1. The molecule has 2 aromatic heterocycles. The van der Waals surface area contributed by atoms with Gasteiger partial charge in [0.05, 0.1) is 12.9 Å². The van der Waals surface area contributed by atoms with E-state index in [9.17, 15) is 15.3 Å². The van der Waals surface area contributed by atoms with Gasteiger partial charge in [0, 0.05) is 6.54 Å². The second kappa shape index (κ2) is 10.8. The lowest BCUT2D eigenvalue weighted by atomic mass is 10.1. The number of nitrogens with one attached hydrogen (secondary N) is 1. The van der Waals surface area contributed by atoms with Gasteiger partial charge < -0.3 is 25.4 Å². The Hall–Kier alpha value is -1.81. The summed E-state index contributed by atoms with van der Waals surface area (Å²) in [6.45, 7) is 2.67. The van der Waals surface area contributed by atoms with E-state index in [-0.39, 0.29) is 6.61 Å². The number of ether oxygens (including phenoxy) is 1. The summed E-state index contributed by atoms with van der Waals surface area (Å²) in [5.74, 6) is 0.642. The van der Waals surface area contributed by atoms with Crippen LogP contribution in [0.2, 0.25) is 0 Å². The highest BCUT2D eigenvalue weighted by molar-refractivity contribution is 5.82. The zero-order valence-electron chi connectivity index (χ0n) is 17.1. The number of unbranched alkanes of at least 4 members (excludes halogenated alkanes) is 7. The van der Waals surface area contributed by atoms with Crippen LogP contribution in [0.5, 0.6) is 0 Å². The molecule has 162 valence electrons. The molecule has 29 heavy (non-hydrogen) atoms. The molecule has 9 heteroatoms. The SMILES string of the molecule is CCCCCCCCCCNc1ncnc2c1ncn2[C@@H]1O[C@H](CO)[C@@H](O)[C@H]1O. The molecule has 1 aliphatic rings. The van der Waals surface area contributed by atoms with Gasteiger partial charge in [-0.15, -0.1) is 0 Å². The van der Waals surface area contributed by atoms with E-state index < -0.39 is 24.5 Å². The molecule has 1 fully saturated rings. The number of hydrogen-bond acceptors (Lipinski definition) is 8. The quantitative estimate of drug-likeness (QED) is 0.394. The predicted molar refractivity (Wildman–Crippen MR) is 109 cm³/mol. The minimum atomic E-state index is -1.17. The lowest BCUT2D eigenvalue weighted by Gasteiger charge is -2.16. The Labute approximate surface area is 171 Å². The van der Waals surface area contributed by atoms with Gasteiger partial charge in [-0.1, -0.05) is 51.9 Å². The van der Waals surface area contributed by atoms with Crippen molar-refractivity contribution in [2.45, 2.75) is 82.8 Å². The first-order valence-electron chi connectivity index (χ1n) is 10.7. The largest absolute Gasteiger partial charge is 0.394 e. The van der Waals surface area contributed by atoms with Crippen LogP contribution in [0.1, 0.15) is 64.5 Å². The third-order valence-electron chi connectivity index (χ3n) is 5.47.